The lowest BCUT2D eigenvalue weighted by Crippen LogP contribution is -2.14. The van der Waals surface area contributed by atoms with E-state index in [1.807, 2.05) is 55.7 Å². The molecule has 6 nitrogen and oxygen atoms in total. The van der Waals surface area contributed by atoms with E-state index in [1.165, 1.54) is 0 Å². The van der Waals surface area contributed by atoms with Crippen LogP contribution in [0.4, 0.5) is 11.4 Å². The van der Waals surface area contributed by atoms with Crippen molar-refractivity contribution in [1.82, 2.24) is 9.99 Å². The van der Waals surface area contributed by atoms with Crippen LogP contribution in [-0.4, -0.2) is 36.8 Å². The molecule has 0 aliphatic carbocycles. The third-order valence-electron chi connectivity index (χ3n) is 3.56. The van der Waals surface area contributed by atoms with Gasteiger partial charge < -0.3 is 15.8 Å². The van der Waals surface area contributed by atoms with Crippen molar-refractivity contribution in [3.8, 4) is 11.5 Å². The highest BCUT2D eigenvalue weighted by Gasteiger charge is 2.23. The van der Waals surface area contributed by atoms with Crippen LogP contribution in [-0.2, 0) is 0 Å². The number of rotatable bonds is 4. The summed E-state index contributed by atoms with van der Waals surface area (Å²) in [6, 6.07) is 9.17. The molecule has 1 aromatic heterocycles. The van der Waals surface area contributed by atoms with Gasteiger partial charge in [0.1, 0.15) is 5.75 Å². The van der Waals surface area contributed by atoms with E-state index in [2.05, 4.69) is 15.4 Å². The third kappa shape index (κ3) is 2.81. The summed E-state index contributed by atoms with van der Waals surface area (Å²) in [6.45, 7) is 0.813. The second kappa shape index (κ2) is 5.93. The zero-order valence-electron chi connectivity index (χ0n) is 12.7. The molecule has 1 aromatic carbocycles. The van der Waals surface area contributed by atoms with Crippen LogP contribution >= 0.6 is 0 Å². The summed E-state index contributed by atoms with van der Waals surface area (Å²) in [7, 11) is 3.82. The van der Waals surface area contributed by atoms with Gasteiger partial charge in [-0.25, -0.2) is 0 Å². The predicted molar refractivity (Wildman–Crippen MR) is 88.6 cm³/mol. The van der Waals surface area contributed by atoms with Crippen LogP contribution in [0.25, 0.3) is 0 Å². The fraction of sp³-hybridized carbons (Fsp3) is 0.250. The zero-order chi connectivity index (χ0) is 15.5. The highest BCUT2D eigenvalue weighted by atomic mass is 16.5. The average Bonchev–Trinajstić information content (AvgIpc) is 2.96. The average molecular weight is 297 g/mol. The van der Waals surface area contributed by atoms with Crippen LogP contribution in [0, 0.1) is 0 Å². The van der Waals surface area contributed by atoms with Gasteiger partial charge in [0.05, 0.1) is 17.3 Å². The van der Waals surface area contributed by atoms with E-state index >= 15 is 0 Å². The molecule has 0 fully saturated rings. The van der Waals surface area contributed by atoms with Gasteiger partial charge in [0.15, 0.2) is 5.75 Å². The van der Waals surface area contributed by atoms with Gasteiger partial charge in [-0.05, 0) is 24.3 Å². The van der Waals surface area contributed by atoms with Crippen molar-refractivity contribution in [3.63, 3.8) is 0 Å². The largest absolute Gasteiger partial charge is 0.455 e. The Morgan fingerprint density at radius 2 is 2.05 bits per heavy atom. The summed E-state index contributed by atoms with van der Waals surface area (Å²) in [5.41, 5.74) is 8.22. The first-order chi connectivity index (χ1) is 10.7. The first kappa shape index (κ1) is 14.2. The Balaban J connectivity index is 1.91. The van der Waals surface area contributed by atoms with Gasteiger partial charge in [-0.1, -0.05) is 0 Å². The van der Waals surface area contributed by atoms with Gasteiger partial charge in [-0.2, -0.15) is 5.10 Å². The lowest BCUT2D eigenvalue weighted by molar-refractivity contribution is 0.380. The molecule has 2 heterocycles. The van der Waals surface area contributed by atoms with E-state index < -0.39 is 0 Å². The normalized spacial score (nSPS) is 16.8. The quantitative estimate of drug-likeness (QED) is 0.848. The molecule has 0 bridgehead atoms. The van der Waals surface area contributed by atoms with Crippen LogP contribution in [0.3, 0.4) is 0 Å². The van der Waals surface area contributed by atoms with Crippen LogP contribution < -0.4 is 15.8 Å². The summed E-state index contributed by atoms with van der Waals surface area (Å²) in [4.78, 5) is 4.50. The summed E-state index contributed by atoms with van der Waals surface area (Å²) in [5.74, 6) is 1.63. The molecule has 0 radical (unpaired) electrons. The van der Waals surface area contributed by atoms with Crippen LogP contribution in [0.2, 0.25) is 0 Å². The molecular weight excluding hydrogens is 278 g/mol. The fourth-order valence-corrected chi connectivity index (χ4v) is 2.47. The van der Waals surface area contributed by atoms with Gasteiger partial charge in [0.2, 0.25) is 0 Å². The molecule has 1 unspecified atom stereocenters. The van der Waals surface area contributed by atoms with E-state index in [1.54, 1.807) is 6.20 Å². The first-order valence-corrected chi connectivity index (χ1v) is 7.12. The number of nitrogen functional groups attached to an aromatic ring is 1. The Hall–Kier alpha value is -2.76. The van der Waals surface area contributed by atoms with Crippen LogP contribution in [0.15, 0.2) is 41.6 Å². The van der Waals surface area contributed by atoms with Crippen molar-refractivity contribution < 1.29 is 4.74 Å². The summed E-state index contributed by atoms with van der Waals surface area (Å²) < 4.78 is 5.97. The van der Waals surface area contributed by atoms with E-state index in [0.717, 1.165) is 29.4 Å². The number of nitrogens with one attached hydrogen (secondary N) is 1. The van der Waals surface area contributed by atoms with Crippen molar-refractivity contribution in [2.24, 2.45) is 5.10 Å². The standard InChI is InChI=1S/C16H19N5O/c1-18-16-14(22-13-5-3-12(17)4-6-13)7-8-19-15(16)11-9-20-21(2)10-11/h3-9,11,18H,10,17H2,1-2H3. The van der Waals surface area contributed by atoms with Gasteiger partial charge in [-0.15, -0.1) is 0 Å². The number of hydrazone groups is 1. The number of hydrogen-bond donors (Lipinski definition) is 2. The monoisotopic (exact) mass is 297 g/mol. The highest BCUT2D eigenvalue weighted by Crippen LogP contribution is 2.35. The molecule has 0 saturated heterocycles. The van der Waals surface area contributed by atoms with Crippen LogP contribution in [0.5, 0.6) is 11.5 Å². The summed E-state index contributed by atoms with van der Waals surface area (Å²) in [6.07, 6.45) is 3.67. The second-order valence-corrected chi connectivity index (χ2v) is 5.20. The van der Waals surface area contributed by atoms with Crippen molar-refractivity contribution in [1.29, 1.82) is 0 Å². The van der Waals surface area contributed by atoms with Gasteiger partial charge in [0, 0.05) is 44.8 Å². The lowest BCUT2D eigenvalue weighted by atomic mass is 10.0. The molecule has 1 atom stereocenters. The molecule has 0 amide bonds. The maximum absolute atomic E-state index is 5.97. The number of ether oxygens (including phenoxy) is 1. The Labute approximate surface area is 129 Å². The lowest BCUT2D eigenvalue weighted by Gasteiger charge is -2.17. The summed E-state index contributed by atoms with van der Waals surface area (Å²) >= 11 is 0. The molecule has 1 aliphatic rings. The third-order valence-corrected chi connectivity index (χ3v) is 3.56. The second-order valence-electron chi connectivity index (χ2n) is 5.20. The molecular formula is C16H19N5O. The number of nitrogens with two attached hydrogens (primary N) is 1. The van der Waals surface area contributed by atoms with E-state index in [-0.39, 0.29) is 5.92 Å². The first-order valence-electron chi connectivity index (χ1n) is 7.12. The molecule has 2 aromatic rings. The number of aromatic nitrogens is 1. The van der Waals surface area contributed by atoms with Crippen molar-refractivity contribution >= 4 is 17.6 Å². The Morgan fingerprint density at radius 1 is 1.27 bits per heavy atom. The number of pyridine rings is 1. The van der Waals surface area contributed by atoms with Crippen molar-refractivity contribution in [2.45, 2.75) is 5.92 Å². The van der Waals surface area contributed by atoms with E-state index in [0.29, 0.717) is 5.69 Å². The maximum Gasteiger partial charge on any atom is 0.153 e. The predicted octanol–water partition coefficient (Wildman–Crippen LogP) is 2.51. The van der Waals surface area contributed by atoms with Crippen molar-refractivity contribution in [2.75, 3.05) is 31.7 Å². The van der Waals surface area contributed by atoms with Gasteiger partial charge >= 0.3 is 0 Å². The fourth-order valence-electron chi connectivity index (χ4n) is 2.47. The number of nitrogens with zero attached hydrogens (tertiary/aromatic N) is 3. The number of likely N-dealkylation sites (N-methyl/N-ethyl adjacent to an activating group) is 1. The highest BCUT2D eigenvalue weighted by molar-refractivity contribution is 5.75. The number of hydrogen-bond acceptors (Lipinski definition) is 6. The molecule has 6 heteroatoms. The maximum atomic E-state index is 5.97. The van der Waals surface area contributed by atoms with E-state index in [4.69, 9.17) is 10.5 Å². The molecule has 114 valence electrons. The topological polar surface area (TPSA) is 75.8 Å². The Bertz CT molecular complexity index is 683. The number of benzene rings is 1. The van der Waals surface area contributed by atoms with Gasteiger partial charge in [0.25, 0.3) is 0 Å². The van der Waals surface area contributed by atoms with Crippen LogP contribution in [0.1, 0.15) is 11.6 Å². The smallest absolute Gasteiger partial charge is 0.153 e. The Kier molecular flexibility index (Phi) is 3.82. The minimum absolute atomic E-state index is 0.155. The molecule has 1 aliphatic heterocycles. The molecule has 22 heavy (non-hydrogen) atoms. The minimum atomic E-state index is 0.155. The van der Waals surface area contributed by atoms with E-state index in [9.17, 15) is 0 Å². The molecule has 0 spiro atoms. The van der Waals surface area contributed by atoms with Gasteiger partial charge in [-0.3, -0.25) is 9.99 Å². The number of anilines is 2. The summed E-state index contributed by atoms with van der Waals surface area (Å²) in [5, 5.41) is 9.38. The van der Waals surface area contributed by atoms with Crippen molar-refractivity contribution in [3.05, 3.63) is 42.2 Å². The zero-order valence-corrected chi connectivity index (χ0v) is 12.7. The minimum Gasteiger partial charge on any atom is -0.455 e. The molecule has 3 N–H and O–H groups in total. The SMILES string of the molecule is CNc1c(Oc2ccc(N)cc2)ccnc1C1C=NN(C)C1. The molecule has 3 rings (SSSR count). The molecule has 0 saturated carbocycles. The Morgan fingerprint density at radius 3 is 2.68 bits per heavy atom.